The van der Waals surface area contributed by atoms with Crippen molar-refractivity contribution >= 4 is 16.5 Å². The summed E-state index contributed by atoms with van der Waals surface area (Å²) in [6.45, 7) is 0.441. The minimum Gasteiger partial charge on any atom is -0.316 e. The van der Waals surface area contributed by atoms with Crippen molar-refractivity contribution in [2.45, 2.75) is 6.54 Å². The molecule has 0 saturated carbocycles. The predicted molar refractivity (Wildman–Crippen MR) is 60.7 cm³/mol. The van der Waals surface area contributed by atoms with E-state index < -0.39 is 0 Å². The van der Waals surface area contributed by atoms with Gasteiger partial charge in [-0.15, -0.1) is 0 Å². The fourth-order valence-corrected chi connectivity index (χ4v) is 2.04. The molecule has 0 bridgehead atoms. The lowest BCUT2D eigenvalue weighted by molar-refractivity contribution is 0.795. The summed E-state index contributed by atoms with van der Waals surface area (Å²) in [5, 5.41) is 18.3. The molecular weight excluding hydrogens is 238 g/mol. The molecule has 0 unspecified atom stereocenters. The summed E-state index contributed by atoms with van der Waals surface area (Å²) >= 11 is 1.38. The molecule has 17 heavy (non-hydrogen) atoms. The summed E-state index contributed by atoms with van der Waals surface area (Å²) in [7, 11) is 0. The molecule has 0 aliphatic heterocycles. The summed E-state index contributed by atoms with van der Waals surface area (Å²) in [5.74, 6) is 5.22. The molecule has 2 aromatic rings. The molecular formula is C9H7N7S. The van der Waals surface area contributed by atoms with E-state index in [2.05, 4.69) is 15.4 Å². The van der Waals surface area contributed by atoms with Crippen molar-refractivity contribution < 1.29 is 0 Å². The molecule has 0 aromatic carbocycles. The highest BCUT2D eigenvalue weighted by molar-refractivity contribution is 7.15. The van der Waals surface area contributed by atoms with Crippen LogP contribution in [0.25, 0.3) is 0 Å². The summed E-state index contributed by atoms with van der Waals surface area (Å²) in [5.41, 5.74) is 2.83. The molecule has 0 saturated heterocycles. The van der Waals surface area contributed by atoms with Crippen LogP contribution in [-0.2, 0) is 6.54 Å². The number of nitriles is 2. The first kappa shape index (κ1) is 11.1. The van der Waals surface area contributed by atoms with Gasteiger partial charge in [0, 0.05) is 11.1 Å². The maximum atomic E-state index is 8.94. The van der Waals surface area contributed by atoms with Gasteiger partial charge >= 0.3 is 0 Å². The maximum Gasteiger partial charge on any atom is 0.197 e. The number of nitrogen functional groups attached to an aromatic ring is 1. The van der Waals surface area contributed by atoms with Crippen molar-refractivity contribution in [1.82, 2.24) is 14.5 Å². The van der Waals surface area contributed by atoms with Crippen LogP contribution in [0.3, 0.4) is 0 Å². The van der Waals surface area contributed by atoms with E-state index in [1.807, 2.05) is 12.1 Å². The number of thiazole rings is 1. The van der Waals surface area contributed by atoms with E-state index in [0.29, 0.717) is 11.7 Å². The zero-order valence-corrected chi connectivity index (χ0v) is 9.40. The van der Waals surface area contributed by atoms with Gasteiger partial charge in [-0.3, -0.25) is 5.43 Å². The SMILES string of the molecule is N#Cc1ncn(Cc2cnc(NN)s2)c1C#N. The Morgan fingerprint density at radius 3 is 2.82 bits per heavy atom. The van der Waals surface area contributed by atoms with Crippen molar-refractivity contribution in [3.63, 3.8) is 0 Å². The molecule has 0 amide bonds. The van der Waals surface area contributed by atoms with E-state index in [-0.39, 0.29) is 11.4 Å². The van der Waals surface area contributed by atoms with Crippen LogP contribution in [0.5, 0.6) is 0 Å². The third-order valence-electron chi connectivity index (χ3n) is 2.05. The molecule has 3 N–H and O–H groups in total. The van der Waals surface area contributed by atoms with Gasteiger partial charge in [-0.25, -0.2) is 15.8 Å². The van der Waals surface area contributed by atoms with E-state index >= 15 is 0 Å². The van der Waals surface area contributed by atoms with Crippen LogP contribution in [-0.4, -0.2) is 14.5 Å². The molecule has 0 atom stereocenters. The van der Waals surface area contributed by atoms with Gasteiger partial charge in [0.15, 0.2) is 16.5 Å². The Morgan fingerprint density at radius 2 is 2.24 bits per heavy atom. The van der Waals surface area contributed by atoms with Crippen LogP contribution in [0.4, 0.5) is 5.13 Å². The Hall–Kier alpha value is -2.42. The highest BCUT2D eigenvalue weighted by atomic mass is 32.1. The second-order valence-electron chi connectivity index (χ2n) is 3.07. The molecule has 84 valence electrons. The first-order chi connectivity index (χ1) is 8.28. The highest BCUT2D eigenvalue weighted by Gasteiger charge is 2.11. The Kier molecular flexibility index (Phi) is 3.01. The number of hydrogen-bond donors (Lipinski definition) is 2. The Morgan fingerprint density at radius 1 is 1.41 bits per heavy atom. The summed E-state index contributed by atoms with van der Waals surface area (Å²) in [6, 6.07) is 3.83. The van der Waals surface area contributed by atoms with Gasteiger partial charge in [0.2, 0.25) is 0 Å². The number of rotatable bonds is 3. The number of nitrogens with two attached hydrogens (primary N) is 1. The van der Waals surface area contributed by atoms with Crippen LogP contribution < -0.4 is 11.3 Å². The van der Waals surface area contributed by atoms with E-state index in [9.17, 15) is 0 Å². The van der Waals surface area contributed by atoms with Crippen molar-refractivity contribution in [3.8, 4) is 12.1 Å². The van der Waals surface area contributed by atoms with Gasteiger partial charge in [-0.1, -0.05) is 11.3 Å². The minimum atomic E-state index is 0.134. The Bertz CT molecular complexity index is 612. The number of hydrazine groups is 1. The largest absolute Gasteiger partial charge is 0.316 e. The third kappa shape index (κ3) is 2.08. The Labute approximate surface area is 101 Å². The molecule has 0 radical (unpaired) electrons. The molecule has 7 nitrogen and oxygen atoms in total. The molecule has 0 spiro atoms. The second-order valence-corrected chi connectivity index (χ2v) is 4.18. The first-order valence-corrected chi connectivity index (χ1v) is 5.36. The molecule has 2 rings (SSSR count). The number of nitrogens with one attached hydrogen (secondary N) is 1. The summed E-state index contributed by atoms with van der Waals surface area (Å²) in [6.07, 6.45) is 3.12. The third-order valence-corrected chi connectivity index (χ3v) is 2.97. The summed E-state index contributed by atoms with van der Waals surface area (Å²) in [4.78, 5) is 8.78. The van der Waals surface area contributed by atoms with Gasteiger partial charge in [-0.05, 0) is 0 Å². The lowest BCUT2D eigenvalue weighted by atomic mass is 10.3. The molecule has 0 fully saturated rings. The van der Waals surface area contributed by atoms with Crippen LogP contribution in [0.15, 0.2) is 12.5 Å². The van der Waals surface area contributed by atoms with Crippen molar-refractivity contribution in [3.05, 3.63) is 28.8 Å². The highest BCUT2D eigenvalue weighted by Crippen LogP contribution is 2.19. The van der Waals surface area contributed by atoms with E-state index in [1.54, 1.807) is 10.8 Å². The predicted octanol–water partition coefficient (Wildman–Crippen LogP) is 0.417. The van der Waals surface area contributed by atoms with E-state index in [4.69, 9.17) is 16.4 Å². The van der Waals surface area contributed by atoms with Crippen LogP contribution in [0.1, 0.15) is 16.3 Å². The smallest absolute Gasteiger partial charge is 0.197 e. The van der Waals surface area contributed by atoms with Crippen molar-refractivity contribution in [1.29, 1.82) is 10.5 Å². The van der Waals surface area contributed by atoms with Crippen LogP contribution >= 0.6 is 11.3 Å². The normalized spacial score (nSPS) is 9.59. The monoisotopic (exact) mass is 245 g/mol. The van der Waals surface area contributed by atoms with Gasteiger partial charge in [0.05, 0.1) is 12.9 Å². The van der Waals surface area contributed by atoms with Crippen molar-refractivity contribution in [2.24, 2.45) is 5.84 Å². The molecule has 2 heterocycles. The number of imidazole rings is 1. The average Bonchev–Trinajstić information content (AvgIpc) is 2.95. The quantitative estimate of drug-likeness (QED) is 0.597. The van der Waals surface area contributed by atoms with Gasteiger partial charge in [-0.2, -0.15) is 10.5 Å². The maximum absolute atomic E-state index is 8.94. The Balaban J connectivity index is 2.28. The zero-order chi connectivity index (χ0) is 12.3. The average molecular weight is 245 g/mol. The lowest BCUT2D eigenvalue weighted by Crippen LogP contribution is -2.05. The number of hydrogen-bond acceptors (Lipinski definition) is 7. The standard InChI is InChI=1S/C9H7N7S/c10-1-7-8(2-11)16(5-14-7)4-6-3-13-9(15-12)17-6/h3,5H,4,12H2,(H,13,15). The fraction of sp³-hybridized carbons (Fsp3) is 0.111. The summed E-state index contributed by atoms with van der Waals surface area (Å²) < 4.78 is 1.60. The van der Waals surface area contributed by atoms with E-state index in [0.717, 1.165) is 4.88 Å². The lowest BCUT2D eigenvalue weighted by Gasteiger charge is -1.99. The zero-order valence-electron chi connectivity index (χ0n) is 8.58. The van der Waals surface area contributed by atoms with E-state index in [1.165, 1.54) is 17.7 Å². The van der Waals surface area contributed by atoms with Crippen LogP contribution in [0, 0.1) is 22.7 Å². The fourth-order valence-electron chi connectivity index (χ4n) is 1.32. The minimum absolute atomic E-state index is 0.134. The number of aromatic nitrogens is 3. The topological polar surface area (TPSA) is 116 Å². The van der Waals surface area contributed by atoms with Crippen LogP contribution in [0.2, 0.25) is 0 Å². The van der Waals surface area contributed by atoms with Crippen molar-refractivity contribution in [2.75, 3.05) is 5.43 Å². The number of nitrogens with zero attached hydrogens (tertiary/aromatic N) is 5. The second kappa shape index (κ2) is 4.61. The molecule has 8 heteroatoms. The molecule has 0 aliphatic carbocycles. The first-order valence-electron chi connectivity index (χ1n) is 4.55. The molecule has 0 aliphatic rings. The van der Waals surface area contributed by atoms with Gasteiger partial charge < -0.3 is 4.57 Å². The van der Waals surface area contributed by atoms with Gasteiger partial charge in [0.1, 0.15) is 12.1 Å². The molecule has 2 aromatic heterocycles. The van der Waals surface area contributed by atoms with Gasteiger partial charge in [0.25, 0.3) is 0 Å². The number of anilines is 1.